The fourth-order valence-electron chi connectivity index (χ4n) is 2.79. The van der Waals surface area contributed by atoms with Gasteiger partial charge in [0.1, 0.15) is 0 Å². The summed E-state index contributed by atoms with van der Waals surface area (Å²) < 4.78 is 0. The van der Waals surface area contributed by atoms with Crippen molar-refractivity contribution >= 4 is 5.57 Å². The minimum Gasteiger partial charge on any atom is -0.267 e. The molecule has 3 aromatic rings. The van der Waals surface area contributed by atoms with Gasteiger partial charge >= 0.3 is 0 Å². The second kappa shape index (κ2) is 10.8. The summed E-state index contributed by atoms with van der Waals surface area (Å²) in [5.74, 6) is 0.103. The van der Waals surface area contributed by atoms with Gasteiger partial charge in [-0.05, 0) is 0 Å². The topological polar surface area (TPSA) is 0 Å². The van der Waals surface area contributed by atoms with Crippen LogP contribution in [0.4, 0.5) is 0 Å². The largest absolute Gasteiger partial charge is 0.267 e. The zero-order chi connectivity index (χ0) is 14.1. The molecule has 3 radical (unpaired) electrons. The predicted octanol–water partition coefficient (Wildman–Crippen LogP) is 4.46. The van der Waals surface area contributed by atoms with Gasteiger partial charge in [0.15, 0.2) is 0 Å². The van der Waals surface area contributed by atoms with E-state index in [1.165, 1.54) is 11.1 Å². The van der Waals surface area contributed by atoms with Crippen LogP contribution in [-0.4, -0.2) is 0 Å². The van der Waals surface area contributed by atoms with Crippen molar-refractivity contribution in [2.75, 3.05) is 0 Å². The first kappa shape index (κ1) is 22.8. The van der Waals surface area contributed by atoms with E-state index in [-0.39, 0.29) is 104 Å². The van der Waals surface area contributed by atoms with Gasteiger partial charge in [-0.1, -0.05) is 5.92 Å². The molecule has 109 valence electrons. The Morgan fingerprint density at radius 3 is 2.04 bits per heavy atom. The molecule has 0 aromatic heterocycles. The zero-order valence-corrected chi connectivity index (χ0v) is 21.7. The third-order valence-electron chi connectivity index (χ3n) is 3.76. The van der Waals surface area contributed by atoms with E-state index in [1.807, 2.05) is 48.5 Å². The van der Waals surface area contributed by atoms with Crippen molar-refractivity contribution in [1.29, 1.82) is 0 Å². The zero-order valence-electron chi connectivity index (χ0n) is 13.2. The van der Waals surface area contributed by atoms with Crippen molar-refractivity contribution in [2.45, 2.75) is 5.92 Å². The summed E-state index contributed by atoms with van der Waals surface area (Å²) in [5.41, 5.74) is 5.70. The Bertz CT molecular complexity index is 796. The van der Waals surface area contributed by atoms with Crippen LogP contribution in [0.15, 0.2) is 66.7 Å². The quantitative estimate of drug-likeness (QED) is 0.429. The maximum Gasteiger partial charge on any atom is 0 e. The van der Waals surface area contributed by atoms with Crippen LogP contribution in [0.1, 0.15) is 28.2 Å². The van der Waals surface area contributed by atoms with Gasteiger partial charge < -0.3 is 0 Å². The summed E-state index contributed by atoms with van der Waals surface area (Å²) >= 11 is 0. The predicted molar refractivity (Wildman–Crippen MR) is 83.4 cm³/mol. The van der Waals surface area contributed by atoms with Crippen LogP contribution in [0.3, 0.4) is 0 Å². The molecule has 0 saturated carbocycles. The molecule has 24 heavy (non-hydrogen) atoms. The monoisotopic (exact) mass is 531 g/mol. The third-order valence-corrected chi connectivity index (χ3v) is 3.76. The Morgan fingerprint density at radius 2 is 1.38 bits per heavy atom. The SMILES string of the molecule is [C-]1=C(c2[c-]cccc2)c2ccc[c-]c2C1c1[c-]cccc1.[Y].[Y].[Y]. The van der Waals surface area contributed by atoms with Crippen molar-refractivity contribution in [3.05, 3.63) is 113 Å². The van der Waals surface area contributed by atoms with Crippen LogP contribution in [0.25, 0.3) is 5.57 Å². The van der Waals surface area contributed by atoms with Gasteiger partial charge in [0.2, 0.25) is 0 Å². The van der Waals surface area contributed by atoms with E-state index in [0.717, 1.165) is 16.7 Å². The molecular formula is C21H12Y3-4. The van der Waals surface area contributed by atoms with E-state index in [0.29, 0.717) is 0 Å². The molecule has 1 unspecified atom stereocenters. The second-order valence-electron chi connectivity index (χ2n) is 5.04. The van der Waals surface area contributed by atoms with Crippen molar-refractivity contribution in [1.82, 2.24) is 0 Å². The van der Waals surface area contributed by atoms with Crippen molar-refractivity contribution in [3.63, 3.8) is 0 Å². The molecule has 0 spiro atoms. The summed E-state index contributed by atoms with van der Waals surface area (Å²) in [6, 6.07) is 32.3. The molecule has 4 rings (SSSR count). The van der Waals surface area contributed by atoms with Gasteiger partial charge in [0.05, 0.1) is 0 Å². The first-order valence-corrected chi connectivity index (χ1v) is 7.01. The normalized spacial score (nSPS) is 14.3. The second-order valence-corrected chi connectivity index (χ2v) is 5.04. The molecule has 0 amide bonds. The Balaban J connectivity index is 0.000000960. The van der Waals surface area contributed by atoms with Crippen LogP contribution >= 0.6 is 0 Å². The average molecular weight is 531 g/mol. The minimum absolute atomic E-state index is 0. The van der Waals surface area contributed by atoms with E-state index >= 15 is 0 Å². The Morgan fingerprint density at radius 1 is 0.667 bits per heavy atom. The van der Waals surface area contributed by atoms with Gasteiger partial charge in [-0.3, -0.25) is 11.1 Å². The molecule has 0 fully saturated rings. The Hall–Kier alpha value is 0.712. The molecule has 1 aliphatic carbocycles. The van der Waals surface area contributed by atoms with E-state index in [1.54, 1.807) is 0 Å². The summed E-state index contributed by atoms with van der Waals surface area (Å²) in [6.45, 7) is 0. The number of hydrogen-bond donors (Lipinski definition) is 0. The molecule has 0 nitrogen and oxygen atoms in total. The molecule has 0 aliphatic heterocycles. The summed E-state index contributed by atoms with van der Waals surface area (Å²) in [6.07, 6.45) is 3.61. The first-order valence-electron chi connectivity index (χ1n) is 7.01. The van der Waals surface area contributed by atoms with Gasteiger partial charge in [0.25, 0.3) is 0 Å². The Kier molecular flexibility index (Phi) is 10.2. The van der Waals surface area contributed by atoms with Gasteiger partial charge in [0, 0.05) is 98.1 Å². The Labute approximate surface area is 219 Å². The van der Waals surface area contributed by atoms with Crippen LogP contribution < -0.4 is 0 Å². The third kappa shape index (κ3) is 4.70. The molecule has 0 heterocycles. The smallest absolute Gasteiger partial charge is 0 e. The summed E-state index contributed by atoms with van der Waals surface area (Å²) in [7, 11) is 0. The fourth-order valence-corrected chi connectivity index (χ4v) is 2.79. The van der Waals surface area contributed by atoms with Crippen LogP contribution in [0.2, 0.25) is 0 Å². The number of allylic oxidation sites excluding steroid dienone is 1. The minimum atomic E-state index is 0. The number of hydrogen-bond acceptors (Lipinski definition) is 0. The number of fused-ring (bicyclic) bond motifs is 1. The average Bonchev–Trinajstić information content (AvgIpc) is 2.96. The van der Waals surface area contributed by atoms with E-state index in [4.69, 9.17) is 0 Å². The van der Waals surface area contributed by atoms with Crippen LogP contribution in [-0.2, 0) is 98.1 Å². The molecular weight excluding hydrogens is 519 g/mol. The molecule has 3 aromatic carbocycles. The van der Waals surface area contributed by atoms with E-state index in [2.05, 4.69) is 42.5 Å². The van der Waals surface area contributed by atoms with Gasteiger partial charge in [-0.25, -0.2) is 18.2 Å². The molecule has 1 atom stereocenters. The van der Waals surface area contributed by atoms with Crippen molar-refractivity contribution < 1.29 is 98.1 Å². The van der Waals surface area contributed by atoms with Crippen molar-refractivity contribution in [2.24, 2.45) is 0 Å². The van der Waals surface area contributed by atoms with Crippen LogP contribution in [0, 0.1) is 24.3 Å². The number of rotatable bonds is 2. The van der Waals surface area contributed by atoms with Gasteiger partial charge in [-0.15, -0.1) is 6.07 Å². The summed E-state index contributed by atoms with van der Waals surface area (Å²) in [5, 5.41) is 0. The molecule has 1 aliphatic rings. The number of benzene rings is 3. The van der Waals surface area contributed by atoms with Crippen LogP contribution in [0.5, 0.6) is 0 Å². The van der Waals surface area contributed by atoms with Crippen molar-refractivity contribution in [3.8, 4) is 0 Å². The molecule has 0 saturated heterocycles. The fraction of sp³-hybridized carbons (Fsp3) is 0.0476. The first-order chi connectivity index (χ1) is 10.4. The standard InChI is InChI=1S/C21H12.3Y/c1-3-9-16(10-4-1)20-15-21(17-11-5-2-6-12-17)19-14-8-7-13-18(19)20;;;/h1-9,11,13,21H;;;/q-4;;;. The molecule has 3 heteroatoms. The maximum atomic E-state index is 3.61. The molecule has 0 N–H and O–H groups in total. The molecule has 0 bridgehead atoms. The summed E-state index contributed by atoms with van der Waals surface area (Å²) in [4.78, 5) is 0. The van der Waals surface area contributed by atoms with Gasteiger partial charge in [-0.2, -0.15) is 83.4 Å². The maximum absolute atomic E-state index is 3.61. The van der Waals surface area contributed by atoms with E-state index < -0.39 is 0 Å². The van der Waals surface area contributed by atoms with E-state index in [9.17, 15) is 0 Å².